The van der Waals surface area contributed by atoms with E-state index in [1.807, 2.05) is 24.0 Å². The standard InChI is InChI=1S/C23H29N7/c1-15(2)23-21-18(28-29(23)3)7-4-16-5-8-20(27-22(16)21)26-19-9-6-17(14-25-19)30-12-10-24-11-13-30/h5-6,8-9,14-15,24H,4,7,10-13H2,1-3H3,(H,25,26,27). The maximum Gasteiger partial charge on any atom is 0.132 e. The lowest BCUT2D eigenvalue weighted by molar-refractivity contribution is 0.589. The molecular formula is C23H29N7. The smallest absolute Gasteiger partial charge is 0.132 e. The molecule has 1 aliphatic carbocycles. The zero-order valence-electron chi connectivity index (χ0n) is 17.9. The number of nitrogens with zero attached hydrogens (tertiary/aromatic N) is 5. The monoisotopic (exact) mass is 403 g/mol. The number of nitrogens with one attached hydrogen (secondary N) is 2. The first-order valence-electron chi connectivity index (χ1n) is 10.8. The van der Waals surface area contributed by atoms with Gasteiger partial charge in [-0.2, -0.15) is 5.10 Å². The van der Waals surface area contributed by atoms with Gasteiger partial charge in [-0.15, -0.1) is 0 Å². The van der Waals surface area contributed by atoms with Crippen LogP contribution in [0.3, 0.4) is 0 Å². The molecule has 2 N–H and O–H groups in total. The van der Waals surface area contributed by atoms with Gasteiger partial charge in [0.25, 0.3) is 0 Å². The number of rotatable bonds is 4. The van der Waals surface area contributed by atoms with E-state index in [0.717, 1.165) is 62.0 Å². The van der Waals surface area contributed by atoms with E-state index in [1.54, 1.807) is 0 Å². The van der Waals surface area contributed by atoms with Crippen molar-refractivity contribution in [2.75, 3.05) is 36.4 Å². The van der Waals surface area contributed by atoms with Gasteiger partial charge in [-0.3, -0.25) is 4.68 Å². The van der Waals surface area contributed by atoms with Crippen molar-refractivity contribution < 1.29 is 0 Å². The lowest BCUT2D eigenvalue weighted by Gasteiger charge is -2.29. The van der Waals surface area contributed by atoms with Crippen LogP contribution in [0.5, 0.6) is 0 Å². The van der Waals surface area contributed by atoms with Crippen LogP contribution >= 0.6 is 0 Å². The largest absolute Gasteiger partial charge is 0.368 e. The van der Waals surface area contributed by atoms with Gasteiger partial charge in [-0.25, -0.2) is 9.97 Å². The van der Waals surface area contributed by atoms with Crippen molar-refractivity contribution in [3.63, 3.8) is 0 Å². The summed E-state index contributed by atoms with van der Waals surface area (Å²) in [5, 5.41) is 11.5. The van der Waals surface area contributed by atoms with Crippen molar-refractivity contribution in [2.45, 2.75) is 32.6 Å². The molecule has 1 saturated heterocycles. The predicted molar refractivity (Wildman–Crippen MR) is 121 cm³/mol. The van der Waals surface area contributed by atoms with E-state index >= 15 is 0 Å². The average molecular weight is 404 g/mol. The third-order valence-electron chi connectivity index (χ3n) is 6.04. The van der Waals surface area contributed by atoms with Gasteiger partial charge < -0.3 is 15.5 Å². The molecule has 0 saturated carbocycles. The quantitative estimate of drug-likeness (QED) is 0.697. The second-order valence-corrected chi connectivity index (χ2v) is 8.45. The van der Waals surface area contributed by atoms with Crippen LogP contribution in [0.1, 0.15) is 36.7 Å². The normalized spacial score (nSPS) is 15.8. The van der Waals surface area contributed by atoms with E-state index < -0.39 is 0 Å². The zero-order valence-corrected chi connectivity index (χ0v) is 17.9. The summed E-state index contributed by atoms with van der Waals surface area (Å²) in [7, 11) is 2.04. The van der Waals surface area contributed by atoms with E-state index in [-0.39, 0.29) is 0 Å². The molecule has 0 unspecified atom stereocenters. The summed E-state index contributed by atoms with van der Waals surface area (Å²) >= 11 is 0. The Morgan fingerprint density at radius 1 is 1.03 bits per heavy atom. The zero-order chi connectivity index (χ0) is 20.7. The van der Waals surface area contributed by atoms with Crippen LogP contribution in [-0.4, -0.2) is 45.9 Å². The summed E-state index contributed by atoms with van der Waals surface area (Å²) in [5.41, 5.74) is 7.17. The lowest BCUT2D eigenvalue weighted by atomic mass is 9.90. The van der Waals surface area contributed by atoms with Gasteiger partial charge in [-0.1, -0.05) is 19.9 Å². The first-order chi connectivity index (χ1) is 14.6. The molecule has 0 radical (unpaired) electrons. The minimum Gasteiger partial charge on any atom is -0.368 e. The molecule has 0 aromatic carbocycles. The summed E-state index contributed by atoms with van der Waals surface area (Å²) in [6.07, 6.45) is 3.91. The van der Waals surface area contributed by atoms with E-state index in [1.165, 1.54) is 22.5 Å². The van der Waals surface area contributed by atoms with Gasteiger partial charge in [-0.05, 0) is 42.5 Å². The lowest BCUT2D eigenvalue weighted by Crippen LogP contribution is -2.43. The van der Waals surface area contributed by atoms with Crippen LogP contribution in [0.25, 0.3) is 11.3 Å². The molecule has 1 aliphatic heterocycles. The van der Waals surface area contributed by atoms with Crippen molar-refractivity contribution in [2.24, 2.45) is 7.05 Å². The second-order valence-electron chi connectivity index (χ2n) is 8.45. The number of anilines is 3. The SMILES string of the molecule is CC(C)c1c2c(nn1C)CCc1ccc(Nc3ccc(N4CCNCC4)cn3)nc1-2. The minimum atomic E-state index is 0.398. The number of fused-ring (bicyclic) bond motifs is 3. The second kappa shape index (κ2) is 7.72. The Balaban J connectivity index is 1.42. The van der Waals surface area contributed by atoms with Gasteiger partial charge in [0.05, 0.1) is 29.0 Å². The molecule has 2 aliphatic rings. The maximum absolute atomic E-state index is 5.00. The van der Waals surface area contributed by atoms with Crippen molar-refractivity contribution in [1.29, 1.82) is 0 Å². The van der Waals surface area contributed by atoms with Gasteiger partial charge in [0.15, 0.2) is 0 Å². The molecule has 0 bridgehead atoms. The fraction of sp³-hybridized carbons (Fsp3) is 0.435. The van der Waals surface area contributed by atoms with Crippen molar-refractivity contribution in [3.05, 3.63) is 47.4 Å². The molecule has 0 atom stereocenters. The Morgan fingerprint density at radius 2 is 1.83 bits per heavy atom. The highest BCUT2D eigenvalue weighted by molar-refractivity contribution is 5.73. The summed E-state index contributed by atoms with van der Waals surface area (Å²) in [6.45, 7) is 8.52. The molecule has 3 aromatic rings. The Kier molecular flexibility index (Phi) is 4.90. The fourth-order valence-electron chi connectivity index (χ4n) is 4.62. The first-order valence-corrected chi connectivity index (χ1v) is 10.8. The highest BCUT2D eigenvalue weighted by Gasteiger charge is 2.27. The van der Waals surface area contributed by atoms with Crippen molar-refractivity contribution in [3.8, 4) is 11.3 Å². The Bertz CT molecular complexity index is 1050. The highest BCUT2D eigenvalue weighted by atomic mass is 15.3. The summed E-state index contributed by atoms with van der Waals surface area (Å²) in [4.78, 5) is 12.0. The summed E-state index contributed by atoms with van der Waals surface area (Å²) in [6, 6.07) is 8.42. The average Bonchev–Trinajstić information content (AvgIpc) is 3.11. The number of hydrogen-bond donors (Lipinski definition) is 2. The number of aromatic nitrogens is 4. The molecule has 0 amide bonds. The Hall–Kier alpha value is -2.93. The van der Waals surface area contributed by atoms with Gasteiger partial charge >= 0.3 is 0 Å². The maximum atomic E-state index is 5.00. The number of piperazine rings is 1. The molecule has 0 spiro atoms. The van der Waals surface area contributed by atoms with Gasteiger partial charge in [0.2, 0.25) is 0 Å². The van der Waals surface area contributed by atoms with Crippen LogP contribution in [0, 0.1) is 0 Å². The Morgan fingerprint density at radius 3 is 2.57 bits per heavy atom. The molecule has 156 valence electrons. The van der Waals surface area contributed by atoms with Crippen molar-refractivity contribution >= 4 is 17.3 Å². The molecule has 1 fully saturated rings. The predicted octanol–water partition coefficient (Wildman–Crippen LogP) is 3.25. The summed E-state index contributed by atoms with van der Waals surface area (Å²) in [5.74, 6) is 2.03. The van der Waals surface area contributed by atoms with Crippen LogP contribution < -0.4 is 15.5 Å². The molecule has 3 aromatic heterocycles. The third-order valence-corrected chi connectivity index (χ3v) is 6.04. The van der Waals surface area contributed by atoms with Gasteiger partial charge in [0.1, 0.15) is 11.6 Å². The molecule has 5 rings (SSSR count). The van der Waals surface area contributed by atoms with Gasteiger partial charge in [0, 0.05) is 38.8 Å². The van der Waals surface area contributed by atoms with Crippen molar-refractivity contribution in [1.82, 2.24) is 25.1 Å². The number of pyridine rings is 2. The van der Waals surface area contributed by atoms with E-state index in [2.05, 4.69) is 52.6 Å². The number of aryl methyl sites for hydroxylation is 3. The van der Waals surface area contributed by atoms with Crippen LogP contribution in [0.2, 0.25) is 0 Å². The number of hydrogen-bond acceptors (Lipinski definition) is 6. The molecule has 4 heterocycles. The summed E-state index contributed by atoms with van der Waals surface area (Å²) < 4.78 is 2.03. The molecule has 7 nitrogen and oxygen atoms in total. The van der Waals surface area contributed by atoms with E-state index in [0.29, 0.717) is 5.92 Å². The topological polar surface area (TPSA) is 70.9 Å². The molecule has 7 heteroatoms. The first kappa shape index (κ1) is 19.1. The minimum absolute atomic E-state index is 0.398. The fourth-order valence-corrected chi connectivity index (χ4v) is 4.62. The molecule has 30 heavy (non-hydrogen) atoms. The van der Waals surface area contributed by atoms with E-state index in [4.69, 9.17) is 10.1 Å². The van der Waals surface area contributed by atoms with Crippen LogP contribution in [0.15, 0.2) is 30.5 Å². The van der Waals surface area contributed by atoms with Crippen LogP contribution in [-0.2, 0) is 19.9 Å². The third kappa shape index (κ3) is 3.43. The Labute approximate surface area is 177 Å². The molecular weight excluding hydrogens is 374 g/mol. The highest BCUT2D eigenvalue weighted by Crippen LogP contribution is 2.38. The van der Waals surface area contributed by atoms with Crippen LogP contribution in [0.4, 0.5) is 17.3 Å². The van der Waals surface area contributed by atoms with E-state index in [9.17, 15) is 0 Å².